The minimum atomic E-state index is -0.901. The molecule has 0 saturated carbocycles. The number of nitrogens with zero attached hydrogens (tertiary/aromatic N) is 1. The largest absolute Gasteiger partial charge is 0.481 e. The molecule has 1 aliphatic heterocycles. The van der Waals surface area contributed by atoms with E-state index in [9.17, 15) is 19.5 Å². The normalized spacial score (nSPS) is 17.2. The van der Waals surface area contributed by atoms with Gasteiger partial charge >= 0.3 is 12.1 Å². The Morgan fingerprint density at radius 1 is 1.06 bits per heavy atom. The van der Waals surface area contributed by atoms with E-state index in [2.05, 4.69) is 29.6 Å². The predicted octanol–water partition coefficient (Wildman–Crippen LogP) is 4.26. The van der Waals surface area contributed by atoms with Gasteiger partial charge in [-0.15, -0.1) is 0 Å². The number of fused-ring (bicyclic) bond motifs is 3. The maximum Gasteiger partial charge on any atom is 0.407 e. The van der Waals surface area contributed by atoms with Crippen molar-refractivity contribution in [2.24, 2.45) is 10.8 Å². The van der Waals surface area contributed by atoms with E-state index < -0.39 is 28.9 Å². The molecule has 0 bridgehead atoms. The van der Waals surface area contributed by atoms with Gasteiger partial charge in [-0.05, 0) is 34.1 Å². The van der Waals surface area contributed by atoms with Gasteiger partial charge in [0.25, 0.3) is 0 Å². The second kappa shape index (κ2) is 8.78. The van der Waals surface area contributed by atoms with Crippen molar-refractivity contribution < 1.29 is 24.2 Å². The maximum atomic E-state index is 13.2. The SMILES string of the molecule is CCC1(C(=O)O)CN(C(=O)[C@H](NC(=O)OCC2c3ccccc3-c3ccccc32)C(C)(C)C)C1. The van der Waals surface area contributed by atoms with Gasteiger partial charge in [0.1, 0.15) is 18.1 Å². The Labute approximate surface area is 200 Å². The molecule has 2 amide bonds. The fraction of sp³-hybridized carbons (Fsp3) is 0.444. The van der Waals surface area contributed by atoms with Crippen molar-refractivity contribution in [3.05, 3.63) is 59.7 Å². The summed E-state index contributed by atoms with van der Waals surface area (Å²) in [5.74, 6) is -1.25. The molecule has 1 aliphatic carbocycles. The molecule has 0 unspecified atom stereocenters. The van der Waals surface area contributed by atoms with Gasteiger partial charge in [-0.2, -0.15) is 0 Å². The van der Waals surface area contributed by atoms with E-state index in [0.29, 0.717) is 6.42 Å². The lowest BCUT2D eigenvalue weighted by atomic mass is 9.76. The van der Waals surface area contributed by atoms with Gasteiger partial charge in [-0.1, -0.05) is 76.2 Å². The van der Waals surface area contributed by atoms with Gasteiger partial charge in [0.05, 0.1) is 0 Å². The number of carboxylic acid groups (broad SMARTS) is 1. The Bertz CT molecular complexity index is 1070. The minimum absolute atomic E-state index is 0.0712. The molecule has 4 rings (SSSR count). The first-order valence-corrected chi connectivity index (χ1v) is 11.7. The number of carbonyl (C=O) groups is 3. The van der Waals surface area contributed by atoms with Crippen LogP contribution in [-0.4, -0.2) is 53.7 Å². The Kier molecular flexibility index (Phi) is 6.14. The molecule has 2 aliphatic rings. The molecule has 7 heteroatoms. The number of aliphatic carboxylic acids is 1. The molecule has 1 heterocycles. The highest BCUT2D eigenvalue weighted by Gasteiger charge is 2.52. The Balaban J connectivity index is 1.43. The van der Waals surface area contributed by atoms with Crippen molar-refractivity contribution in [3.63, 3.8) is 0 Å². The summed E-state index contributed by atoms with van der Waals surface area (Å²) < 4.78 is 5.63. The monoisotopic (exact) mass is 464 g/mol. The number of carboxylic acids is 1. The zero-order chi connectivity index (χ0) is 24.7. The molecular formula is C27H32N2O5. The van der Waals surface area contributed by atoms with Crippen LogP contribution in [0.15, 0.2) is 48.5 Å². The molecule has 2 N–H and O–H groups in total. The van der Waals surface area contributed by atoms with Crippen molar-refractivity contribution in [2.45, 2.75) is 46.1 Å². The highest BCUT2D eigenvalue weighted by molar-refractivity contribution is 5.89. The molecule has 2 aromatic carbocycles. The third kappa shape index (κ3) is 4.15. The lowest BCUT2D eigenvalue weighted by Gasteiger charge is -2.49. The smallest absolute Gasteiger partial charge is 0.407 e. The van der Waals surface area contributed by atoms with E-state index in [1.807, 2.05) is 52.0 Å². The van der Waals surface area contributed by atoms with Crippen molar-refractivity contribution in [2.75, 3.05) is 19.7 Å². The molecule has 2 aromatic rings. The van der Waals surface area contributed by atoms with Crippen molar-refractivity contribution in [1.82, 2.24) is 10.2 Å². The molecule has 0 spiro atoms. The van der Waals surface area contributed by atoms with Crippen molar-refractivity contribution in [1.29, 1.82) is 0 Å². The minimum Gasteiger partial charge on any atom is -0.481 e. The molecule has 34 heavy (non-hydrogen) atoms. The van der Waals surface area contributed by atoms with Crippen LogP contribution >= 0.6 is 0 Å². The summed E-state index contributed by atoms with van der Waals surface area (Å²) in [6, 6.07) is 15.4. The number of rotatable bonds is 6. The summed E-state index contributed by atoms with van der Waals surface area (Å²) in [7, 11) is 0. The molecular weight excluding hydrogens is 432 g/mol. The number of carbonyl (C=O) groups excluding carboxylic acids is 2. The molecule has 1 atom stereocenters. The molecule has 7 nitrogen and oxygen atoms in total. The van der Waals surface area contributed by atoms with E-state index in [1.165, 1.54) is 4.90 Å². The van der Waals surface area contributed by atoms with Gasteiger partial charge in [0.2, 0.25) is 5.91 Å². The van der Waals surface area contributed by atoms with Crippen LogP contribution in [0.5, 0.6) is 0 Å². The van der Waals surface area contributed by atoms with Crippen LogP contribution in [0.1, 0.15) is 51.2 Å². The fourth-order valence-electron chi connectivity index (χ4n) is 4.94. The molecule has 180 valence electrons. The third-order valence-corrected chi connectivity index (χ3v) is 7.15. The van der Waals surface area contributed by atoms with Crippen molar-refractivity contribution in [3.8, 4) is 11.1 Å². The third-order valence-electron chi connectivity index (χ3n) is 7.15. The summed E-state index contributed by atoms with van der Waals surface area (Å²) in [5, 5.41) is 12.3. The predicted molar refractivity (Wildman–Crippen MR) is 128 cm³/mol. The van der Waals surface area contributed by atoms with Gasteiger partial charge in [-0.25, -0.2) is 4.79 Å². The van der Waals surface area contributed by atoms with E-state index >= 15 is 0 Å². The molecule has 0 aromatic heterocycles. The quantitative estimate of drug-likeness (QED) is 0.666. The number of hydrogen-bond donors (Lipinski definition) is 2. The van der Waals surface area contributed by atoms with Crippen molar-refractivity contribution >= 4 is 18.0 Å². The van der Waals surface area contributed by atoms with Crippen LogP contribution in [0.4, 0.5) is 4.79 Å². The first kappa shape index (κ1) is 23.8. The standard InChI is InChI=1S/C27H32N2O5/c1-5-27(24(31)32)15-29(16-27)23(30)22(26(2,3)4)28-25(33)34-14-21-19-12-8-6-10-17(19)18-11-7-9-13-20(18)21/h6-13,21-22H,5,14-16H2,1-4H3,(H,28,33)(H,31,32)/t22-/m0/s1. The van der Waals surface area contributed by atoms with E-state index in [4.69, 9.17) is 4.74 Å². The van der Waals surface area contributed by atoms with Crippen LogP contribution in [0, 0.1) is 10.8 Å². The highest BCUT2D eigenvalue weighted by Crippen LogP contribution is 2.44. The highest BCUT2D eigenvalue weighted by atomic mass is 16.5. The Morgan fingerprint density at radius 2 is 1.59 bits per heavy atom. The summed E-state index contributed by atoms with van der Waals surface area (Å²) in [6.45, 7) is 7.86. The molecule has 0 radical (unpaired) electrons. The lowest BCUT2D eigenvalue weighted by Crippen LogP contribution is -2.66. The Morgan fingerprint density at radius 3 is 2.06 bits per heavy atom. The van der Waals surface area contributed by atoms with Gasteiger partial charge in [-0.3, -0.25) is 9.59 Å². The number of alkyl carbamates (subject to hydrolysis) is 1. The zero-order valence-electron chi connectivity index (χ0n) is 20.1. The number of ether oxygens (including phenoxy) is 1. The zero-order valence-corrected chi connectivity index (χ0v) is 20.1. The van der Waals surface area contributed by atoms with Gasteiger partial charge < -0.3 is 20.1 Å². The van der Waals surface area contributed by atoms with Gasteiger partial charge in [0.15, 0.2) is 0 Å². The van der Waals surface area contributed by atoms with E-state index in [1.54, 1.807) is 0 Å². The van der Waals surface area contributed by atoms with Crippen LogP contribution in [0.25, 0.3) is 11.1 Å². The number of amides is 2. The van der Waals surface area contributed by atoms with Crippen LogP contribution in [-0.2, 0) is 14.3 Å². The molecule has 1 saturated heterocycles. The van der Waals surface area contributed by atoms with Crippen LogP contribution in [0.2, 0.25) is 0 Å². The summed E-state index contributed by atoms with van der Waals surface area (Å²) >= 11 is 0. The van der Waals surface area contributed by atoms with Crippen LogP contribution < -0.4 is 5.32 Å². The average Bonchev–Trinajstić information content (AvgIpc) is 3.08. The average molecular weight is 465 g/mol. The summed E-state index contributed by atoms with van der Waals surface area (Å²) in [4.78, 5) is 39.1. The number of benzene rings is 2. The second-order valence-electron chi connectivity index (χ2n) is 10.4. The summed E-state index contributed by atoms with van der Waals surface area (Å²) in [6.07, 6.45) is -0.206. The maximum absolute atomic E-state index is 13.2. The first-order chi connectivity index (χ1) is 16.1. The Hall–Kier alpha value is -3.35. The second-order valence-corrected chi connectivity index (χ2v) is 10.4. The first-order valence-electron chi connectivity index (χ1n) is 11.7. The molecule has 1 fully saturated rings. The number of nitrogens with one attached hydrogen (secondary N) is 1. The number of hydrogen-bond acceptors (Lipinski definition) is 4. The van der Waals surface area contributed by atoms with E-state index in [-0.39, 0.29) is 31.5 Å². The summed E-state index contributed by atoms with van der Waals surface area (Å²) in [5.41, 5.74) is 3.05. The lowest BCUT2D eigenvalue weighted by molar-refractivity contribution is -0.168. The van der Waals surface area contributed by atoms with Gasteiger partial charge in [0, 0.05) is 19.0 Å². The fourth-order valence-corrected chi connectivity index (χ4v) is 4.94. The van der Waals surface area contributed by atoms with Crippen LogP contribution in [0.3, 0.4) is 0 Å². The topological polar surface area (TPSA) is 95.9 Å². The number of likely N-dealkylation sites (tertiary alicyclic amines) is 1. The van der Waals surface area contributed by atoms with E-state index in [0.717, 1.165) is 22.3 Å².